The molecule has 0 saturated carbocycles. The maximum Gasteiger partial charge on any atom is 0.410 e. The summed E-state index contributed by atoms with van der Waals surface area (Å²) in [7, 11) is 0. The normalized spacial score (nSPS) is 22.0. The van der Waals surface area contributed by atoms with Crippen molar-refractivity contribution < 1.29 is 22.7 Å². The summed E-state index contributed by atoms with van der Waals surface area (Å²) < 4.78 is 42.3. The zero-order chi connectivity index (χ0) is 16.3. The summed E-state index contributed by atoms with van der Waals surface area (Å²) in [5.74, 6) is 0. The van der Waals surface area contributed by atoms with Gasteiger partial charge in [-0.15, -0.1) is 0 Å². The van der Waals surface area contributed by atoms with Gasteiger partial charge in [-0.05, 0) is 40.5 Å². The number of nitrogens with zero attached hydrogens (tertiary/aromatic N) is 1. The molecule has 0 bridgehead atoms. The summed E-state index contributed by atoms with van der Waals surface area (Å²) in [4.78, 5) is 13.5. The summed E-state index contributed by atoms with van der Waals surface area (Å²) in [6.45, 7) is 7.85. The smallest absolute Gasteiger partial charge is 0.410 e. The molecule has 1 rings (SSSR count). The molecule has 1 heterocycles. The van der Waals surface area contributed by atoms with Crippen LogP contribution < -0.4 is 5.32 Å². The number of halogens is 3. The predicted molar refractivity (Wildman–Crippen MR) is 74.1 cm³/mol. The van der Waals surface area contributed by atoms with Crippen LogP contribution in [-0.4, -0.2) is 47.9 Å². The molecule has 1 saturated heterocycles. The summed E-state index contributed by atoms with van der Waals surface area (Å²) in [6, 6.07) is -0.780. The van der Waals surface area contributed by atoms with Crippen molar-refractivity contribution in [3.05, 3.63) is 0 Å². The standard InChI is InChI=1S/C14H25F3N2O2/c1-10(8-14(15,16)17)18-11-6-5-7-19(9-11)12(20)21-13(2,3)4/h10-11,18H,5-9H2,1-4H3. The second-order valence-electron chi connectivity index (χ2n) is 6.65. The molecular weight excluding hydrogens is 285 g/mol. The van der Waals surface area contributed by atoms with Gasteiger partial charge in [0.15, 0.2) is 0 Å². The van der Waals surface area contributed by atoms with Crippen LogP contribution in [0, 0.1) is 0 Å². The Morgan fingerprint density at radius 2 is 2.00 bits per heavy atom. The number of carbonyl (C=O) groups excluding carboxylic acids is 1. The van der Waals surface area contributed by atoms with Crippen molar-refractivity contribution in [3.8, 4) is 0 Å². The van der Waals surface area contributed by atoms with Gasteiger partial charge < -0.3 is 15.0 Å². The van der Waals surface area contributed by atoms with Gasteiger partial charge in [0.05, 0.1) is 6.42 Å². The van der Waals surface area contributed by atoms with Crippen LogP contribution in [0.4, 0.5) is 18.0 Å². The Hall–Kier alpha value is -0.980. The van der Waals surface area contributed by atoms with Crippen molar-refractivity contribution in [1.29, 1.82) is 0 Å². The van der Waals surface area contributed by atoms with Gasteiger partial charge in [-0.25, -0.2) is 4.79 Å². The number of carbonyl (C=O) groups is 1. The Kier molecular flexibility index (Phi) is 5.90. The number of piperidine rings is 1. The zero-order valence-electron chi connectivity index (χ0n) is 13.1. The van der Waals surface area contributed by atoms with Gasteiger partial charge in [0, 0.05) is 25.2 Å². The Bertz CT molecular complexity index is 353. The fraction of sp³-hybridized carbons (Fsp3) is 0.929. The van der Waals surface area contributed by atoms with Crippen LogP contribution >= 0.6 is 0 Å². The largest absolute Gasteiger partial charge is 0.444 e. The van der Waals surface area contributed by atoms with E-state index in [1.165, 1.54) is 6.92 Å². The molecule has 124 valence electrons. The Morgan fingerprint density at radius 1 is 1.38 bits per heavy atom. The van der Waals surface area contributed by atoms with Gasteiger partial charge >= 0.3 is 12.3 Å². The molecule has 0 aromatic carbocycles. The number of nitrogens with one attached hydrogen (secondary N) is 1. The van der Waals surface area contributed by atoms with Crippen molar-refractivity contribution in [1.82, 2.24) is 10.2 Å². The van der Waals surface area contributed by atoms with Gasteiger partial charge in [0.1, 0.15) is 5.60 Å². The van der Waals surface area contributed by atoms with E-state index in [2.05, 4.69) is 5.32 Å². The highest BCUT2D eigenvalue weighted by Gasteiger charge is 2.32. The number of hydrogen-bond donors (Lipinski definition) is 1. The van der Waals surface area contributed by atoms with Crippen LogP contribution in [0.1, 0.15) is 47.0 Å². The minimum Gasteiger partial charge on any atom is -0.444 e. The van der Waals surface area contributed by atoms with Gasteiger partial charge in [0.25, 0.3) is 0 Å². The second kappa shape index (κ2) is 6.85. The number of amides is 1. The van der Waals surface area contributed by atoms with Crippen molar-refractivity contribution in [2.24, 2.45) is 0 Å². The first-order chi connectivity index (χ1) is 9.46. The van der Waals surface area contributed by atoms with Gasteiger partial charge in [-0.3, -0.25) is 0 Å². The van der Waals surface area contributed by atoms with Gasteiger partial charge in [-0.1, -0.05) is 0 Å². The van der Waals surface area contributed by atoms with Crippen LogP contribution in [0.25, 0.3) is 0 Å². The molecule has 1 amide bonds. The first kappa shape index (κ1) is 18.1. The third-order valence-corrected chi connectivity index (χ3v) is 3.13. The fourth-order valence-electron chi connectivity index (χ4n) is 2.41. The number of rotatable bonds is 3. The van der Waals surface area contributed by atoms with Crippen LogP contribution in [0.5, 0.6) is 0 Å². The highest BCUT2D eigenvalue weighted by atomic mass is 19.4. The molecule has 1 fully saturated rings. The summed E-state index contributed by atoms with van der Waals surface area (Å²) in [5.41, 5.74) is -0.568. The van der Waals surface area contributed by atoms with E-state index in [1.807, 2.05) is 0 Å². The van der Waals surface area contributed by atoms with Crippen molar-refractivity contribution in [2.75, 3.05) is 13.1 Å². The maximum absolute atomic E-state index is 12.3. The lowest BCUT2D eigenvalue weighted by atomic mass is 10.0. The fourth-order valence-corrected chi connectivity index (χ4v) is 2.41. The average Bonchev–Trinajstić information content (AvgIpc) is 2.24. The minimum absolute atomic E-state index is 0.122. The molecule has 7 heteroatoms. The molecule has 21 heavy (non-hydrogen) atoms. The van der Waals surface area contributed by atoms with Crippen LogP contribution in [0.3, 0.4) is 0 Å². The van der Waals surface area contributed by atoms with Crippen LogP contribution in [-0.2, 0) is 4.74 Å². The van der Waals surface area contributed by atoms with E-state index in [0.717, 1.165) is 12.8 Å². The molecular formula is C14H25F3N2O2. The maximum atomic E-state index is 12.3. The Balaban J connectivity index is 2.47. The third-order valence-electron chi connectivity index (χ3n) is 3.13. The molecule has 0 radical (unpaired) electrons. The van der Waals surface area contributed by atoms with Crippen LogP contribution in [0.2, 0.25) is 0 Å². The van der Waals surface area contributed by atoms with Gasteiger partial charge in [-0.2, -0.15) is 13.2 Å². The molecule has 2 unspecified atom stereocenters. The van der Waals surface area contributed by atoms with Crippen molar-refractivity contribution in [2.45, 2.75) is 70.8 Å². The lowest BCUT2D eigenvalue weighted by Crippen LogP contribution is -2.51. The Labute approximate surface area is 124 Å². The van der Waals surface area contributed by atoms with E-state index in [0.29, 0.717) is 13.1 Å². The SMILES string of the molecule is CC(CC(F)(F)F)NC1CCCN(C(=O)OC(C)(C)C)C1. The molecule has 4 nitrogen and oxygen atoms in total. The molecule has 1 aliphatic heterocycles. The molecule has 1 aliphatic rings. The zero-order valence-corrected chi connectivity index (χ0v) is 13.1. The summed E-state index contributed by atoms with van der Waals surface area (Å²) in [5, 5.41) is 2.95. The van der Waals surface area contributed by atoms with Gasteiger partial charge in [0.2, 0.25) is 0 Å². The quantitative estimate of drug-likeness (QED) is 0.869. The topological polar surface area (TPSA) is 41.6 Å². The van der Waals surface area contributed by atoms with E-state index >= 15 is 0 Å². The molecule has 0 aromatic heterocycles. The monoisotopic (exact) mass is 310 g/mol. The van der Waals surface area contributed by atoms with Crippen molar-refractivity contribution in [3.63, 3.8) is 0 Å². The highest BCUT2D eigenvalue weighted by molar-refractivity contribution is 5.68. The summed E-state index contributed by atoms with van der Waals surface area (Å²) >= 11 is 0. The lowest BCUT2D eigenvalue weighted by Gasteiger charge is -2.35. The van der Waals surface area contributed by atoms with Crippen molar-refractivity contribution >= 4 is 6.09 Å². The molecule has 0 aliphatic carbocycles. The molecule has 1 N–H and O–H groups in total. The van der Waals surface area contributed by atoms with E-state index in [9.17, 15) is 18.0 Å². The van der Waals surface area contributed by atoms with E-state index in [1.54, 1.807) is 25.7 Å². The predicted octanol–water partition coefficient (Wildman–Crippen LogP) is 3.32. The molecule has 0 spiro atoms. The first-order valence-electron chi connectivity index (χ1n) is 7.27. The number of ether oxygens (including phenoxy) is 1. The first-order valence-corrected chi connectivity index (χ1v) is 7.27. The molecule has 2 atom stereocenters. The lowest BCUT2D eigenvalue weighted by molar-refractivity contribution is -0.139. The molecule has 0 aromatic rings. The number of alkyl halides is 3. The van der Waals surface area contributed by atoms with Crippen LogP contribution in [0.15, 0.2) is 0 Å². The minimum atomic E-state index is -4.17. The number of hydrogen-bond acceptors (Lipinski definition) is 3. The third kappa shape index (κ3) is 7.55. The number of likely N-dealkylation sites (tertiary alicyclic amines) is 1. The van der Waals surface area contributed by atoms with E-state index in [4.69, 9.17) is 4.74 Å². The van der Waals surface area contributed by atoms with E-state index in [-0.39, 0.29) is 6.04 Å². The summed E-state index contributed by atoms with van der Waals surface area (Å²) in [6.07, 6.45) is -3.92. The Morgan fingerprint density at radius 3 is 2.52 bits per heavy atom. The second-order valence-corrected chi connectivity index (χ2v) is 6.65. The van der Waals surface area contributed by atoms with E-state index < -0.39 is 30.3 Å². The average molecular weight is 310 g/mol. The highest BCUT2D eigenvalue weighted by Crippen LogP contribution is 2.22.